The molecular weight excluding hydrogens is 291 g/mol. The highest BCUT2D eigenvalue weighted by Crippen LogP contribution is 2.35. The van der Waals surface area contributed by atoms with E-state index in [4.69, 9.17) is 17.3 Å². The Bertz CT molecular complexity index is 614. The lowest BCUT2D eigenvalue weighted by molar-refractivity contribution is 0.436. The molecule has 1 fully saturated rings. The molecule has 1 saturated carbocycles. The minimum atomic E-state index is -3.79. The SMILES string of the molecule is C=CCN(C1CC1)S(=O)(=O)c1cc(N)c(F)cc1Cl. The van der Waals surface area contributed by atoms with Crippen LogP contribution in [0.15, 0.2) is 29.7 Å². The number of nitrogens with zero attached hydrogens (tertiary/aromatic N) is 1. The van der Waals surface area contributed by atoms with Crippen LogP contribution < -0.4 is 5.73 Å². The maximum absolute atomic E-state index is 13.2. The van der Waals surface area contributed by atoms with Crippen molar-refractivity contribution in [2.75, 3.05) is 12.3 Å². The quantitative estimate of drug-likeness (QED) is 0.671. The van der Waals surface area contributed by atoms with Crippen molar-refractivity contribution in [2.24, 2.45) is 0 Å². The summed E-state index contributed by atoms with van der Waals surface area (Å²) in [5, 5.41) is -0.165. The van der Waals surface area contributed by atoms with E-state index in [0.717, 1.165) is 25.0 Å². The van der Waals surface area contributed by atoms with Gasteiger partial charge in [0.2, 0.25) is 10.0 Å². The third-order valence-corrected chi connectivity index (χ3v) is 5.28. The number of hydrogen-bond donors (Lipinski definition) is 1. The van der Waals surface area contributed by atoms with E-state index in [2.05, 4.69) is 6.58 Å². The molecule has 0 amide bonds. The molecule has 1 aromatic carbocycles. The van der Waals surface area contributed by atoms with Crippen LogP contribution in [0.1, 0.15) is 12.8 Å². The third kappa shape index (κ3) is 2.75. The van der Waals surface area contributed by atoms with Gasteiger partial charge >= 0.3 is 0 Å². The molecule has 0 aromatic heterocycles. The van der Waals surface area contributed by atoms with Crippen LogP contribution in [0, 0.1) is 5.82 Å². The summed E-state index contributed by atoms with van der Waals surface area (Å²) < 4.78 is 39.6. The molecule has 104 valence electrons. The zero-order valence-electron chi connectivity index (χ0n) is 10.1. The normalized spacial score (nSPS) is 15.7. The fourth-order valence-corrected chi connectivity index (χ4v) is 3.98. The van der Waals surface area contributed by atoms with Crippen LogP contribution in [0.25, 0.3) is 0 Å². The molecule has 0 atom stereocenters. The third-order valence-electron chi connectivity index (χ3n) is 2.90. The number of rotatable bonds is 5. The van der Waals surface area contributed by atoms with Gasteiger partial charge in [-0.15, -0.1) is 6.58 Å². The minimum absolute atomic E-state index is 0.0367. The molecule has 0 spiro atoms. The van der Waals surface area contributed by atoms with E-state index in [0.29, 0.717) is 0 Å². The van der Waals surface area contributed by atoms with Gasteiger partial charge < -0.3 is 5.73 Å². The summed E-state index contributed by atoms with van der Waals surface area (Å²) in [5.74, 6) is -0.731. The summed E-state index contributed by atoms with van der Waals surface area (Å²) >= 11 is 5.83. The van der Waals surface area contributed by atoms with Crippen LogP contribution in [0.4, 0.5) is 10.1 Å². The first-order valence-electron chi connectivity index (χ1n) is 5.75. The summed E-state index contributed by atoms with van der Waals surface area (Å²) in [7, 11) is -3.79. The van der Waals surface area contributed by atoms with E-state index in [1.807, 2.05) is 0 Å². The van der Waals surface area contributed by atoms with E-state index in [1.165, 1.54) is 10.4 Å². The highest BCUT2D eigenvalue weighted by Gasteiger charge is 2.38. The van der Waals surface area contributed by atoms with Crippen LogP contribution >= 0.6 is 11.6 Å². The summed E-state index contributed by atoms with van der Waals surface area (Å²) in [6, 6.07) is 1.94. The molecule has 1 aliphatic rings. The van der Waals surface area contributed by atoms with Gasteiger partial charge in [0.25, 0.3) is 0 Å². The van der Waals surface area contributed by atoms with Crippen molar-refractivity contribution >= 4 is 27.3 Å². The van der Waals surface area contributed by atoms with Gasteiger partial charge in [-0.25, -0.2) is 12.8 Å². The van der Waals surface area contributed by atoms with Crippen LogP contribution in [0.2, 0.25) is 5.02 Å². The Hall–Kier alpha value is -1.11. The molecule has 7 heteroatoms. The lowest BCUT2D eigenvalue weighted by atomic mass is 10.3. The number of anilines is 1. The topological polar surface area (TPSA) is 63.4 Å². The van der Waals surface area contributed by atoms with Gasteiger partial charge in [0, 0.05) is 12.6 Å². The van der Waals surface area contributed by atoms with Crippen molar-refractivity contribution in [3.8, 4) is 0 Å². The Kier molecular flexibility index (Phi) is 3.85. The van der Waals surface area contributed by atoms with Crippen molar-refractivity contribution in [3.63, 3.8) is 0 Å². The molecule has 0 bridgehead atoms. The van der Waals surface area contributed by atoms with Crippen molar-refractivity contribution in [1.82, 2.24) is 4.31 Å². The Morgan fingerprint density at radius 3 is 2.68 bits per heavy atom. The van der Waals surface area contributed by atoms with Gasteiger partial charge in [0.15, 0.2) is 0 Å². The number of nitrogen functional groups attached to an aromatic ring is 1. The minimum Gasteiger partial charge on any atom is -0.396 e. The van der Waals surface area contributed by atoms with Crippen molar-refractivity contribution in [3.05, 3.63) is 35.6 Å². The van der Waals surface area contributed by atoms with Gasteiger partial charge in [0.05, 0.1) is 10.7 Å². The zero-order valence-corrected chi connectivity index (χ0v) is 11.7. The first-order chi connectivity index (χ1) is 8.87. The molecule has 0 aliphatic heterocycles. The summed E-state index contributed by atoms with van der Waals surface area (Å²) in [6.45, 7) is 3.74. The lowest BCUT2D eigenvalue weighted by Crippen LogP contribution is -2.33. The van der Waals surface area contributed by atoms with Crippen LogP contribution in [0.3, 0.4) is 0 Å². The first kappa shape index (κ1) is 14.3. The van der Waals surface area contributed by atoms with Gasteiger partial charge in [-0.05, 0) is 25.0 Å². The number of benzene rings is 1. The largest absolute Gasteiger partial charge is 0.396 e. The average molecular weight is 305 g/mol. The number of hydrogen-bond acceptors (Lipinski definition) is 3. The van der Waals surface area contributed by atoms with Crippen LogP contribution in [-0.2, 0) is 10.0 Å². The smallest absolute Gasteiger partial charge is 0.245 e. The molecule has 0 heterocycles. The predicted molar refractivity (Wildman–Crippen MR) is 72.9 cm³/mol. The maximum Gasteiger partial charge on any atom is 0.245 e. The highest BCUT2D eigenvalue weighted by molar-refractivity contribution is 7.89. The maximum atomic E-state index is 13.2. The van der Waals surface area contributed by atoms with Crippen molar-refractivity contribution in [1.29, 1.82) is 0 Å². The van der Waals surface area contributed by atoms with Gasteiger partial charge in [-0.1, -0.05) is 17.7 Å². The molecule has 19 heavy (non-hydrogen) atoms. The van der Waals surface area contributed by atoms with Gasteiger partial charge in [-0.2, -0.15) is 4.31 Å². The van der Waals surface area contributed by atoms with Crippen molar-refractivity contribution < 1.29 is 12.8 Å². The van der Waals surface area contributed by atoms with Gasteiger partial charge in [-0.3, -0.25) is 0 Å². The van der Waals surface area contributed by atoms with E-state index in [1.54, 1.807) is 0 Å². The highest BCUT2D eigenvalue weighted by atomic mass is 35.5. The lowest BCUT2D eigenvalue weighted by Gasteiger charge is -2.21. The Morgan fingerprint density at radius 1 is 1.53 bits per heavy atom. The van der Waals surface area contributed by atoms with E-state index >= 15 is 0 Å². The summed E-state index contributed by atoms with van der Waals surface area (Å²) in [4.78, 5) is -0.165. The van der Waals surface area contributed by atoms with Crippen LogP contribution in [-0.4, -0.2) is 25.3 Å². The van der Waals surface area contributed by atoms with E-state index < -0.39 is 15.8 Å². The fourth-order valence-electron chi connectivity index (χ4n) is 1.80. The van der Waals surface area contributed by atoms with E-state index in [-0.39, 0.29) is 28.2 Å². The predicted octanol–water partition coefficient (Wildman–Crippen LogP) is 2.40. The standard InChI is InChI=1S/C12H14ClFN2O2S/c1-2-5-16(8-3-4-8)19(17,18)12-7-11(15)10(14)6-9(12)13/h2,6-8H,1,3-5,15H2. The van der Waals surface area contributed by atoms with Crippen LogP contribution in [0.5, 0.6) is 0 Å². The monoisotopic (exact) mass is 304 g/mol. The number of halogens is 2. The number of sulfonamides is 1. The Labute approximate surface area is 116 Å². The molecule has 2 N–H and O–H groups in total. The summed E-state index contributed by atoms with van der Waals surface area (Å²) in [5.41, 5.74) is 5.18. The second-order valence-corrected chi connectivity index (χ2v) is 6.66. The first-order valence-corrected chi connectivity index (χ1v) is 7.57. The molecule has 1 aliphatic carbocycles. The van der Waals surface area contributed by atoms with E-state index in [9.17, 15) is 12.8 Å². The molecule has 0 unspecified atom stereocenters. The zero-order chi connectivity index (χ0) is 14.2. The Balaban J connectivity index is 2.48. The van der Waals surface area contributed by atoms with Crippen molar-refractivity contribution in [2.45, 2.75) is 23.8 Å². The molecule has 2 rings (SSSR count). The van der Waals surface area contributed by atoms with Gasteiger partial charge in [0.1, 0.15) is 10.7 Å². The second-order valence-electron chi connectivity index (χ2n) is 4.40. The Morgan fingerprint density at radius 2 is 2.16 bits per heavy atom. The molecular formula is C12H14ClFN2O2S. The molecule has 1 aromatic rings. The fraction of sp³-hybridized carbons (Fsp3) is 0.333. The molecule has 4 nitrogen and oxygen atoms in total. The molecule has 0 radical (unpaired) electrons. The number of nitrogens with two attached hydrogens (primary N) is 1. The second kappa shape index (κ2) is 5.11. The summed E-state index contributed by atoms with van der Waals surface area (Å²) in [6.07, 6.45) is 3.12. The average Bonchev–Trinajstić information content (AvgIpc) is 3.14. The molecule has 0 saturated heterocycles.